The van der Waals surface area contributed by atoms with Crippen molar-refractivity contribution < 1.29 is 0 Å². The number of aryl methyl sites for hydroxylation is 2. The minimum absolute atomic E-state index is 0.0820. The normalized spacial score (nSPS) is 11.2. The van der Waals surface area contributed by atoms with E-state index in [0.29, 0.717) is 22.8 Å². The van der Waals surface area contributed by atoms with Crippen LogP contribution in [0.4, 0.5) is 17.5 Å². The molecule has 0 fully saturated rings. The molecule has 0 unspecified atom stereocenters. The van der Waals surface area contributed by atoms with Gasteiger partial charge < -0.3 is 15.2 Å². The Kier molecular flexibility index (Phi) is 4.75. The van der Waals surface area contributed by atoms with E-state index in [0.717, 1.165) is 16.5 Å². The maximum atomic E-state index is 12.6. The van der Waals surface area contributed by atoms with Crippen molar-refractivity contribution in [2.75, 3.05) is 10.6 Å². The lowest BCUT2D eigenvalue weighted by Crippen LogP contribution is -2.20. The fourth-order valence-corrected chi connectivity index (χ4v) is 3.18. The van der Waals surface area contributed by atoms with Crippen LogP contribution in [0.2, 0.25) is 0 Å². The van der Waals surface area contributed by atoms with Gasteiger partial charge in [0.25, 0.3) is 5.56 Å². The Bertz CT molecular complexity index is 1240. The van der Waals surface area contributed by atoms with Crippen molar-refractivity contribution in [2.24, 2.45) is 14.1 Å². The summed E-state index contributed by atoms with van der Waals surface area (Å²) < 4.78 is 3.32. The van der Waals surface area contributed by atoms with Gasteiger partial charge in [0.15, 0.2) is 0 Å². The predicted molar refractivity (Wildman–Crippen MR) is 115 cm³/mol. The van der Waals surface area contributed by atoms with Crippen molar-refractivity contribution in [1.29, 1.82) is 0 Å². The topological polar surface area (TPSA) is 89.7 Å². The number of aromatic nitrogens is 5. The first-order valence-electron chi connectivity index (χ1n) is 9.40. The highest BCUT2D eigenvalue weighted by Gasteiger charge is 2.12. The maximum Gasteiger partial charge on any atom is 0.261 e. The molecule has 0 amide bonds. The van der Waals surface area contributed by atoms with Gasteiger partial charge in [0.05, 0.1) is 11.6 Å². The second-order valence-electron chi connectivity index (χ2n) is 7.31. The molecule has 8 heteroatoms. The first-order valence-corrected chi connectivity index (χ1v) is 9.40. The highest BCUT2D eigenvalue weighted by atomic mass is 16.1. The Labute approximate surface area is 168 Å². The van der Waals surface area contributed by atoms with Crippen LogP contribution >= 0.6 is 0 Å². The van der Waals surface area contributed by atoms with Crippen molar-refractivity contribution in [3.8, 4) is 11.1 Å². The second kappa shape index (κ2) is 7.38. The molecule has 2 N–H and O–H groups in total. The van der Waals surface area contributed by atoms with E-state index in [-0.39, 0.29) is 11.6 Å². The molecule has 4 aromatic rings. The highest BCUT2D eigenvalue weighted by molar-refractivity contribution is 5.93. The summed E-state index contributed by atoms with van der Waals surface area (Å²) in [6, 6.07) is 7.79. The van der Waals surface area contributed by atoms with Crippen LogP contribution < -0.4 is 16.2 Å². The fourth-order valence-electron chi connectivity index (χ4n) is 3.18. The molecular formula is C21H23N7O. The number of anilines is 3. The molecule has 4 aromatic heterocycles. The van der Waals surface area contributed by atoms with Gasteiger partial charge in [-0.1, -0.05) is 0 Å². The first kappa shape index (κ1) is 18.7. The van der Waals surface area contributed by atoms with E-state index in [1.54, 1.807) is 28.7 Å². The standard InChI is InChI=1S/C21H23N7O/c1-13(2)24-20-19-15(6-8-27(3)21(19)29)10-18(26-20)25-17-9-14(5-7-22-17)16-11-23-28(4)12-16/h5-13H,1-4H3,(H2,22,24,25,26). The molecule has 0 saturated heterocycles. The molecule has 0 atom stereocenters. The van der Waals surface area contributed by atoms with Gasteiger partial charge in [-0.2, -0.15) is 5.10 Å². The van der Waals surface area contributed by atoms with E-state index in [9.17, 15) is 4.79 Å². The number of rotatable bonds is 5. The number of pyridine rings is 3. The van der Waals surface area contributed by atoms with E-state index in [4.69, 9.17) is 0 Å². The Morgan fingerprint density at radius 2 is 1.90 bits per heavy atom. The number of hydrogen-bond donors (Lipinski definition) is 2. The molecule has 0 aliphatic rings. The van der Waals surface area contributed by atoms with Gasteiger partial charge in [-0.15, -0.1) is 0 Å². The van der Waals surface area contributed by atoms with Gasteiger partial charge in [-0.05, 0) is 49.1 Å². The van der Waals surface area contributed by atoms with E-state index in [2.05, 4.69) is 25.7 Å². The third kappa shape index (κ3) is 3.82. The zero-order valence-corrected chi connectivity index (χ0v) is 16.8. The molecule has 29 heavy (non-hydrogen) atoms. The fraction of sp³-hybridized carbons (Fsp3) is 0.238. The summed E-state index contributed by atoms with van der Waals surface area (Å²) in [6.45, 7) is 4.03. The number of nitrogens with zero attached hydrogens (tertiary/aromatic N) is 5. The number of nitrogens with one attached hydrogen (secondary N) is 2. The summed E-state index contributed by atoms with van der Waals surface area (Å²) in [5.41, 5.74) is 1.93. The lowest BCUT2D eigenvalue weighted by Gasteiger charge is -2.15. The molecule has 0 radical (unpaired) electrons. The van der Waals surface area contributed by atoms with Crippen molar-refractivity contribution in [2.45, 2.75) is 19.9 Å². The van der Waals surface area contributed by atoms with E-state index in [1.165, 1.54) is 0 Å². The van der Waals surface area contributed by atoms with E-state index < -0.39 is 0 Å². The summed E-state index contributed by atoms with van der Waals surface area (Å²) in [5.74, 6) is 1.84. The zero-order chi connectivity index (χ0) is 20.5. The Balaban J connectivity index is 1.75. The molecule has 0 aliphatic heterocycles. The largest absolute Gasteiger partial charge is 0.367 e. The number of hydrogen-bond acceptors (Lipinski definition) is 6. The summed E-state index contributed by atoms with van der Waals surface area (Å²) in [6.07, 6.45) is 7.27. The van der Waals surface area contributed by atoms with Gasteiger partial charge >= 0.3 is 0 Å². The van der Waals surface area contributed by atoms with Gasteiger partial charge in [-0.3, -0.25) is 9.48 Å². The van der Waals surface area contributed by atoms with E-state index in [1.807, 2.05) is 57.6 Å². The van der Waals surface area contributed by atoms with Gasteiger partial charge in [-0.25, -0.2) is 9.97 Å². The zero-order valence-electron chi connectivity index (χ0n) is 16.8. The smallest absolute Gasteiger partial charge is 0.261 e. The average Bonchev–Trinajstić information content (AvgIpc) is 3.11. The maximum absolute atomic E-state index is 12.6. The van der Waals surface area contributed by atoms with Gasteiger partial charge in [0, 0.05) is 44.3 Å². The summed E-state index contributed by atoms with van der Waals surface area (Å²) in [5, 5.41) is 12.2. The summed E-state index contributed by atoms with van der Waals surface area (Å²) in [4.78, 5) is 21.7. The minimum Gasteiger partial charge on any atom is -0.367 e. The third-order valence-corrected chi connectivity index (χ3v) is 4.54. The quantitative estimate of drug-likeness (QED) is 0.544. The van der Waals surface area contributed by atoms with Crippen molar-refractivity contribution in [3.63, 3.8) is 0 Å². The Morgan fingerprint density at radius 3 is 2.62 bits per heavy atom. The monoisotopic (exact) mass is 389 g/mol. The highest BCUT2D eigenvalue weighted by Crippen LogP contribution is 2.26. The average molecular weight is 389 g/mol. The molecule has 148 valence electrons. The summed E-state index contributed by atoms with van der Waals surface area (Å²) in [7, 11) is 3.62. The van der Waals surface area contributed by atoms with Crippen LogP contribution in [-0.4, -0.2) is 30.4 Å². The van der Waals surface area contributed by atoms with Crippen molar-refractivity contribution in [1.82, 2.24) is 24.3 Å². The SMILES string of the molecule is CC(C)Nc1nc(Nc2cc(-c3cnn(C)c3)ccn2)cc2ccn(C)c(=O)c12. The predicted octanol–water partition coefficient (Wildman–Crippen LogP) is 3.29. The van der Waals surface area contributed by atoms with Crippen LogP contribution in [0.25, 0.3) is 21.9 Å². The number of fused-ring (bicyclic) bond motifs is 1. The molecule has 0 saturated carbocycles. The minimum atomic E-state index is -0.0820. The Morgan fingerprint density at radius 1 is 1.07 bits per heavy atom. The lowest BCUT2D eigenvalue weighted by atomic mass is 10.1. The molecular weight excluding hydrogens is 366 g/mol. The molecule has 0 aromatic carbocycles. The first-order chi connectivity index (χ1) is 13.9. The van der Waals surface area contributed by atoms with Crippen LogP contribution in [0, 0.1) is 0 Å². The van der Waals surface area contributed by atoms with Crippen LogP contribution in [0.3, 0.4) is 0 Å². The van der Waals surface area contributed by atoms with E-state index >= 15 is 0 Å². The van der Waals surface area contributed by atoms with Gasteiger partial charge in [0.1, 0.15) is 17.5 Å². The molecule has 4 heterocycles. The van der Waals surface area contributed by atoms with Crippen LogP contribution in [-0.2, 0) is 14.1 Å². The molecule has 8 nitrogen and oxygen atoms in total. The second-order valence-corrected chi connectivity index (χ2v) is 7.31. The third-order valence-electron chi connectivity index (χ3n) is 4.54. The molecule has 0 bridgehead atoms. The lowest BCUT2D eigenvalue weighted by molar-refractivity contribution is 0.768. The Hall–Kier alpha value is -3.68. The van der Waals surface area contributed by atoms with Crippen molar-refractivity contribution in [3.05, 3.63) is 59.4 Å². The van der Waals surface area contributed by atoms with Crippen LogP contribution in [0.15, 0.2) is 53.8 Å². The van der Waals surface area contributed by atoms with Crippen LogP contribution in [0.1, 0.15) is 13.8 Å². The molecule has 4 rings (SSSR count). The van der Waals surface area contributed by atoms with Crippen LogP contribution in [0.5, 0.6) is 0 Å². The molecule has 0 aliphatic carbocycles. The van der Waals surface area contributed by atoms with Crippen molar-refractivity contribution >= 4 is 28.2 Å². The molecule has 0 spiro atoms. The summed E-state index contributed by atoms with van der Waals surface area (Å²) >= 11 is 0. The van der Waals surface area contributed by atoms with Gasteiger partial charge in [0.2, 0.25) is 0 Å².